The van der Waals surface area contributed by atoms with Gasteiger partial charge in [0.2, 0.25) is 0 Å². The quantitative estimate of drug-likeness (QED) is 0.720. The van der Waals surface area contributed by atoms with Gasteiger partial charge in [-0.3, -0.25) is 14.6 Å². The van der Waals surface area contributed by atoms with Gasteiger partial charge < -0.3 is 4.74 Å². The molecule has 0 aromatic heterocycles. The number of ether oxygens (including phenoxy) is 1. The molecule has 0 bridgehead atoms. The lowest BCUT2D eigenvalue weighted by atomic mass is 10.2. The minimum absolute atomic E-state index is 0.0580. The Morgan fingerprint density at radius 2 is 1.69 bits per heavy atom. The maximum Gasteiger partial charge on any atom is 0.387 e. The van der Waals surface area contributed by atoms with Crippen LogP contribution in [0, 0.1) is 5.82 Å². The first kappa shape index (κ1) is 18.1. The lowest BCUT2D eigenvalue weighted by Gasteiger charge is -2.20. The number of carbonyl (C=O) groups excluding carboxylic acids is 2. The van der Waals surface area contributed by atoms with Crippen LogP contribution in [0.3, 0.4) is 0 Å². The molecule has 0 spiro atoms. The third-order valence-electron chi connectivity index (χ3n) is 3.88. The fourth-order valence-electron chi connectivity index (χ4n) is 2.66. The highest BCUT2D eigenvalue weighted by Crippen LogP contribution is 2.31. The Balaban J connectivity index is 1.88. The first-order valence-corrected chi connectivity index (χ1v) is 7.86. The Kier molecular flexibility index (Phi) is 5.03. The number of hydrogen-bond acceptors (Lipinski definition) is 3. The van der Waals surface area contributed by atoms with Crippen molar-refractivity contribution in [2.45, 2.75) is 6.61 Å². The summed E-state index contributed by atoms with van der Waals surface area (Å²) in [6.07, 6.45) is 0.385. The summed E-state index contributed by atoms with van der Waals surface area (Å²) in [5, 5.41) is -0.0597. The SMILES string of the molecule is O=Cc1ccc(N2CCN(c3ccc(Cl)c(F)c3)C2=O)cc1OC(F)F. The minimum atomic E-state index is -3.10. The van der Waals surface area contributed by atoms with Crippen LogP contribution in [-0.2, 0) is 0 Å². The van der Waals surface area contributed by atoms with E-state index in [-0.39, 0.29) is 35.1 Å². The molecule has 0 N–H and O–H groups in total. The molecule has 2 aromatic rings. The molecule has 0 saturated carbocycles. The van der Waals surface area contributed by atoms with Crippen molar-refractivity contribution in [3.8, 4) is 5.75 Å². The Bertz CT molecular complexity index is 863. The highest BCUT2D eigenvalue weighted by molar-refractivity contribution is 6.30. The van der Waals surface area contributed by atoms with Crippen LogP contribution in [0.4, 0.5) is 29.3 Å². The summed E-state index contributed by atoms with van der Waals surface area (Å²) in [6.45, 7) is -2.59. The lowest BCUT2D eigenvalue weighted by Crippen LogP contribution is -2.31. The highest BCUT2D eigenvalue weighted by atomic mass is 35.5. The van der Waals surface area contributed by atoms with Crippen LogP contribution in [0.2, 0.25) is 5.02 Å². The van der Waals surface area contributed by atoms with Gasteiger partial charge >= 0.3 is 12.6 Å². The van der Waals surface area contributed by atoms with E-state index in [9.17, 15) is 22.8 Å². The molecule has 2 aromatic carbocycles. The van der Waals surface area contributed by atoms with E-state index in [0.717, 1.165) is 6.07 Å². The first-order chi connectivity index (χ1) is 12.4. The molecule has 1 aliphatic rings. The van der Waals surface area contributed by atoms with Crippen molar-refractivity contribution in [2.75, 3.05) is 22.9 Å². The zero-order valence-corrected chi connectivity index (χ0v) is 13.9. The first-order valence-electron chi connectivity index (χ1n) is 7.49. The van der Waals surface area contributed by atoms with Crippen molar-refractivity contribution >= 4 is 35.3 Å². The summed E-state index contributed by atoms with van der Waals surface area (Å²) in [4.78, 5) is 26.2. The van der Waals surface area contributed by atoms with Gasteiger partial charge in [-0.1, -0.05) is 11.6 Å². The van der Waals surface area contributed by atoms with Gasteiger partial charge in [0, 0.05) is 30.5 Å². The van der Waals surface area contributed by atoms with Crippen molar-refractivity contribution < 1.29 is 27.5 Å². The summed E-state index contributed by atoms with van der Waals surface area (Å²) in [5.74, 6) is -0.977. The molecule has 3 rings (SSSR count). The molecule has 136 valence electrons. The van der Waals surface area contributed by atoms with Crippen molar-refractivity contribution in [1.29, 1.82) is 0 Å². The molecule has 1 aliphatic heterocycles. The average molecular weight is 385 g/mol. The summed E-state index contributed by atoms with van der Waals surface area (Å²) in [6, 6.07) is 7.46. The molecule has 2 amide bonds. The van der Waals surface area contributed by atoms with Gasteiger partial charge in [-0.2, -0.15) is 8.78 Å². The number of nitrogens with zero attached hydrogens (tertiary/aromatic N) is 2. The molecule has 1 fully saturated rings. The second-order valence-corrected chi connectivity index (χ2v) is 5.81. The van der Waals surface area contributed by atoms with E-state index in [0.29, 0.717) is 12.0 Å². The second kappa shape index (κ2) is 7.25. The Labute approximate surface area is 151 Å². The van der Waals surface area contributed by atoms with Crippen molar-refractivity contribution in [3.05, 3.63) is 52.8 Å². The van der Waals surface area contributed by atoms with E-state index >= 15 is 0 Å². The molecular weight excluding hydrogens is 373 g/mol. The zero-order valence-electron chi connectivity index (χ0n) is 13.2. The van der Waals surface area contributed by atoms with Gasteiger partial charge in [-0.05, 0) is 30.3 Å². The van der Waals surface area contributed by atoms with E-state index in [2.05, 4.69) is 4.74 Å². The third kappa shape index (κ3) is 3.45. The summed E-state index contributed by atoms with van der Waals surface area (Å²) >= 11 is 5.64. The molecule has 0 unspecified atom stereocenters. The van der Waals surface area contributed by atoms with Crippen molar-refractivity contribution in [3.63, 3.8) is 0 Å². The van der Waals surface area contributed by atoms with E-state index < -0.39 is 18.5 Å². The summed E-state index contributed by atoms with van der Waals surface area (Å²) < 4.78 is 43.0. The molecule has 5 nitrogen and oxygen atoms in total. The van der Waals surface area contributed by atoms with Crippen LogP contribution in [0.1, 0.15) is 10.4 Å². The smallest absolute Gasteiger partial charge is 0.387 e. The van der Waals surface area contributed by atoms with Crippen LogP contribution in [0.15, 0.2) is 36.4 Å². The number of urea groups is 1. The second-order valence-electron chi connectivity index (χ2n) is 5.40. The van der Waals surface area contributed by atoms with Crippen LogP contribution in [0.25, 0.3) is 0 Å². The number of anilines is 2. The number of hydrogen-bond donors (Lipinski definition) is 0. The number of amides is 2. The van der Waals surface area contributed by atoms with Crippen LogP contribution < -0.4 is 14.5 Å². The fraction of sp³-hybridized carbons (Fsp3) is 0.176. The highest BCUT2D eigenvalue weighted by Gasteiger charge is 2.31. The normalized spacial score (nSPS) is 14.3. The minimum Gasteiger partial charge on any atom is -0.434 e. The number of carbonyl (C=O) groups is 2. The largest absolute Gasteiger partial charge is 0.434 e. The number of benzene rings is 2. The molecule has 1 heterocycles. The van der Waals surface area contributed by atoms with E-state index in [1.54, 1.807) is 0 Å². The van der Waals surface area contributed by atoms with Gasteiger partial charge in [0.1, 0.15) is 11.6 Å². The molecule has 26 heavy (non-hydrogen) atoms. The van der Waals surface area contributed by atoms with Gasteiger partial charge in [0.25, 0.3) is 0 Å². The Morgan fingerprint density at radius 3 is 2.27 bits per heavy atom. The topological polar surface area (TPSA) is 49.9 Å². The molecule has 0 aliphatic carbocycles. The number of halogens is 4. The van der Waals surface area contributed by atoms with Crippen LogP contribution in [-0.4, -0.2) is 32.0 Å². The van der Waals surface area contributed by atoms with E-state index in [1.807, 2.05) is 0 Å². The molecule has 9 heteroatoms. The fourth-order valence-corrected chi connectivity index (χ4v) is 2.77. The van der Waals surface area contributed by atoms with Crippen molar-refractivity contribution in [2.24, 2.45) is 0 Å². The number of rotatable bonds is 5. The molecule has 1 saturated heterocycles. The Hall–Kier alpha value is -2.74. The van der Waals surface area contributed by atoms with Crippen LogP contribution >= 0.6 is 11.6 Å². The van der Waals surface area contributed by atoms with Crippen molar-refractivity contribution in [1.82, 2.24) is 0 Å². The van der Waals surface area contributed by atoms with Gasteiger partial charge in [-0.15, -0.1) is 0 Å². The van der Waals surface area contributed by atoms with E-state index in [1.165, 1.54) is 40.1 Å². The number of aldehydes is 1. The number of alkyl halides is 2. The van der Waals surface area contributed by atoms with Gasteiger partial charge in [0.05, 0.1) is 10.6 Å². The van der Waals surface area contributed by atoms with E-state index in [4.69, 9.17) is 11.6 Å². The predicted molar refractivity (Wildman–Crippen MR) is 90.0 cm³/mol. The maximum absolute atomic E-state index is 13.6. The molecular formula is C17H12ClF3N2O3. The Morgan fingerprint density at radius 1 is 1.08 bits per heavy atom. The monoisotopic (exact) mass is 384 g/mol. The standard InChI is InChI=1S/C17H12ClF3N2O3/c18-13-4-3-11(7-14(13)19)22-5-6-23(17(22)25)12-2-1-10(9-24)15(8-12)26-16(20)21/h1-4,7-9,16H,5-6H2. The maximum atomic E-state index is 13.6. The van der Waals surface area contributed by atoms with Gasteiger partial charge in [-0.25, -0.2) is 9.18 Å². The predicted octanol–water partition coefficient (Wildman–Crippen LogP) is 4.34. The molecule has 0 atom stereocenters. The van der Waals surface area contributed by atoms with Gasteiger partial charge in [0.15, 0.2) is 6.29 Å². The van der Waals surface area contributed by atoms with Crippen LogP contribution in [0.5, 0.6) is 5.75 Å². The average Bonchev–Trinajstić information content (AvgIpc) is 2.98. The summed E-state index contributed by atoms with van der Waals surface area (Å²) in [7, 11) is 0. The molecule has 0 radical (unpaired) electrons. The summed E-state index contributed by atoms with van der Waals surface area (Å²) in [5.41, 5.74) is 0.554. The lowest BCUT2D eigenvalue weighted by molar-refractivity contribution is -0.0500. The third-order valence-corrected chi connectivity index (χ3v) is 4.18. The zero-order chi connectivity index (χ0) is 18.8.